The van der Waals surface area contributed by atoms with Crippen LogP contribution in [0.2, 0.25) is 0 Å². The third kappa shape index (κ3) is 2.81. The molecule has 26 heavy (non-hydrogen) atoms. The maximum atomic E-state index is 5.36. The molecule has 1 N–H and O–H groups in total. The highest BCUT2D eigenvalue weighted by Gasteiger charge is 2.24. The zero-order valence-electron chi connectivity index (χ0n) is 15.2. The Kier molecular flexibility index (Phi) is 3.80. The summed E-state index contributed by atoms with van der Waals surface area (Å²) in [6.45, 7) is 1.04. The molecule has 1 saturated carbocycles. The van der Waals surface area contributed by atoms with Crippen molar-refractivity contribution < 1.29 is 4.74 Å². The third-order valence-corrected chi connectivity index (χ3v) is 5.50. The molecule has 0 atom stereocenters. The lowest BCUT2D eigenvalue weighted by Gasteiger charge is -2.20. The van der Waals surface area contributed by atoms with Crippen molar-refractivity contribution in [1.82, 2.24) is 14.6 Å². The minimum atomic E-state index is 0.825. The molecule has 2 aromatic heterocycles. The normalized spacial score (nSPS) is 16.5. The van der Waals surface area contributed by atoms with Crippen molar-refractivity contribution in [2.24, 2.45) is 5.92 Å². The average Bonchev–Trinajstić information content (AvgIpc) is 3.42. The summed E-state index contributed by atoms with van der Waals surface area (Å²) in [5, 5.41) is 8.60. The van der Waals surface area contributed by atoms with Crippen LogP contribution in [0.1, 0.15) is 36.9 Å². The van der Waals surface area contributed by atoms with Gasteiger partial charge in [-0.3, -0.25) is 0 Å². The van der Waals surface area contributed by atoms with E-state index in [1.807, 2.05) is 22.7 Å². The highest BCUT2D eigenvalue weighted by atomic mass is 16.5. The Balaban J connectivity index is 1.62. The number of hydrogen-bond acceptors (Lipinski definition) is 4. The van der Waals surface area contributed by atoms with Gasteiger partial charge in [0.15, 0.2) is 5.65 Å². The second kappa shape index (κ2) is 6.31. The number of nitrogens with zero attached hydrogens (tertiary/aromatic N) is 3. The van der Waals surface area contributed by atoms with Gasteiger partial charge in [0.1, 0.15) is 11.6 Å². The Hall–Kier alpha value is -2.56. The zero-order chi connectivity index (χ0) is 17.5. The molecule has 1 fully saturated rings. The van der Waals surface area contributed by atoms with Gasteiger partial charge in [-0.05, 0) is 56.6 Å². The van der Waals surface area contributed by atoms with Gasteiger partial charge in [0.2, 0.25) is 0 Å². The summed E-state index contributed by atoms with van der Waals surface area (Å²) < 4.78 is 7.38. The molecule has 0 bridgehead atoms. The standard InChI is InChI=1S/C21H24N4O/c1-26-16-6-4-5-15(11-16)19-12-20-23-18-8-3-2-7-17(18)21(25(20)24-19)22-13-14-9-10-14/h4-6,11-12,14,22H,2-3,7-10,13H2,1H3. The SMILES string of the molecule is COc1cccc(-c2cc3nc4c(c(NCC5CC5)n3n2)CCCC4)c1. The van der Waals surface area contributed by atoms with Crippen molar-refractivity contribution in [3.63, 3.8) is 0 Å². The van der Waals surface area contributed by atoms with Gasteiger partial charge in [-0.25, -0.2) is 4.98 Å². The molecule has 2 aliphatic carbocycles. The Morgan fingerprint density at radius 1 is 1.19 bits per heavy atom. The van der Waals surface area contributed by atoms with Crippen LogP contribution in [-0.2, 0) is 12.8 Å². The first kappa shape index (κ1) is 15.7. The maximum Gasteiger partial charge on any atom is 0.158 e. The smallest absolute Gasteiger partial charge is 0.158 e. The highest BCUT2D eigenvalue weighted by molar-refractivity contribution is 5.68. The fourth-order valence-electron chi connectivity index (χ4n) is 3.82. The second-order valence-electron chi connectivity index (χ2n) is 7.45. The maximum absolute atomic E-state index is 5.36. The molecule has 0 aliphatic heterocycles. The summed E-state index contributed by atoms with van der Waals surface area (Å²) in [4.78, 5) is 4.94. The van der Waals surface area contributed by atoms with Crippen molar-refractivity contribution in [1.29, 1.82) is 0 Å². The minimum Gasteiger partial charge on any atom is -0.497 e. The summed E-state index contributed by atoms with van der Waals surface area (Å²) in [6, 6.07) is 10.1. The first-order valence-electron chi connectivity index (χ1n) is 9.61. The van der Waals surface area contributed by atoms with Gasteiger partial charge in [0, 0.05) is 29.4 Å². The molecule has 0 saturated heterocycles. The molecule has 0 unspecified atom stereocenters. The van der Waals surface area contributed by atoms with E-state index in [2.05, 4.69) is 17.4 Å². The minimum absolute atomic E-state index is 0.825. The molecule has 2 heterocycles. The molecule has 5 rings (SSSR count). The highest BCUT2D eigenvalue weighted by Crippen LogP contribution is 2.33. The van der Waals surface area contributed by atoms with E-state index in [0.29, 0.717) is 0 Å². The molecule has 134 valence electrons. The molecule has 0 amide bonds. The number of hydrogen-bond donors (Lipinski definition) is 1. The molecule has 0 radical (unpaired) electrons. The fraction of sp³-hybridized carbons (Fsp3) is 0.429. The first-order chi connectivity index (χ1) is 12.8. The number of fused-ring (bicyclic) bond motifs is 2. The van der Waals surface area contributed by atoms with Crippen molar-refractivity contribution in [3.8, 4) is 17.0 Å². The lowest BCUT2D eigenvalue weighted by molar-refractivity contribution is 0.415. The van der Waals surface area contributed by atoms with Gasteiger partial charge in [-0.2, -0.15) is 9.61 Å². The number of ether oxygens (including phenoxy) is 1. The summed E-state index contributed by atoms with van der Waals surface area (Å²) in [5.74, 6) is 2.83. The second-order valence-corrected chi connectivity index (χ2v) is 7.45. The van der Waals surface area contributed by atoms with Gasteiger partial charge < -0.3 is 10.1 Å². The van der Waals surface area contributed by atoms with E-state index in [1.165, 1.54) is 36.9 Å². The molecule has 3 aromatic rings. The molecular formula is C21H24N4O. The zero-order valence-corrected chi connectivity index (χ0v) is 15.2. The van der Waals surface area contributed by atoms with E-state index in [-0.39, 0.29) is 0 Å². The van der Waals surface area contributed by atoms with E-state index in [0.717, 1.165) is 53.8 Å². The lowest BCUT2D eigenvalue weighted by atomic mass is 9.96. The van der Waals surface area contributed by atoms with Crippen molar-refractivity contribution in [2.75, 3.05) is 19.0 Å². The van der Waals surface area contributed by atoms with Gasteiger partial charge in [-0.1, -0.05) is 12.1 Å². The van der Waals surface area contributed by atoms with Crippen molar-refractivity contribution in [3.05, 3.63) is 41.6 Å². The largest absolute Gasteiger partial charge is 0.497 e. The molecular weight excluding hydrogens is 324 g/mol. The average molecular weight is 348 g/mol. The van der Waals surface area contributed by atoms with Gasteiger partial charge in [0.25, 0.3) is 0 Å². The topological polar surface area (TPSA) is 51.5 Å². The van der Waals surface area contributed by atoms with Crippen LogP contribution in [0.5, 0.6) is 5.75 Å². The number of aromatic nitrogens is 3. The Labute approximate surface area is 153 Å². The summed E-state index contributed by atoms with van der Waals surface area (Å²) in [6.07, 6.45) is 7.33. The third-order valence-electron chi connectivity index (χ3n) is 5.50. The summed E-state index contributed by atoms with van der Waals surface area (Å²) in [7, 11) is 1.69. The lowest BCUT2D eigenvalue weighted by Crippen LogP contribution is -2.16. The summed E-state index contributed by atoms with van der Waals surface area (Å²) >= 11 is 0. The van der Waals surface area contributed by atoms with Crippen LogP contribution in [-0.4, -0.2) is 28.3 Å². The number of methoxy groups -OCH3 is 1. The molecule has 0 spiro atoms. The summed E-state index contributed by atoms with van der Waals surface area (Å²) in [5.41, 5.74) is 5.54. The van der Waals surface area contributed by atoms with E-state index >= 15 is 0 Å². The van der Waals surface area contributed by atoms with E-state index in [9.17, 15) is 0 Å². The predicted octanol–water partition coefficient (Wildman–Crippen LogP) is 4.11. The quantitative estimate of drug-likeness (QED) is 0.754. The van der Waals surface area contributed by atoms with Crippen molar-refractivity contribution in [2.45, 2.75) is 38.5 Å². The van der Waals surface area contributed by atoms with E-state index in [4.69, 9.17) is 14.8 Å². The van der Waals surface area contributed by atoms with Crippen LogP contribution in [0.15, 0.2) is 30.3 Å². The van der Waals surface area contributed by atoms with Crippen LogP contribution >= 0.6 is 0 Å². The van der Waals surface area contributed by atoms with Gasteiger partial charge >= 0.3 is 0 Å². The molecule has 5 heteroatoms. The van der Waals surface area contributed by atoms with Gasteiger partial charge in [-0.15, -0.1) is 0 Å². The van der Waals surface area contributed by atoms with Crippen LogP contribution in [0.4, 0.5) is 5.82 Å². The number of aryl methyl sites for hydroxylation is 1. The Bertz CT molecular complexity index is 958. The van der Waals surface area contributed by atoms with Crippen LogP contribution < -0.4 is 10.1 Å². The number of anilines is 1. The molecule has 1 aromatic carbocycles. The number of nitrogens with one attached hydrogen (secondary N) is 1. The number of rotatable bonds is 5. The predicted molar refractivity (Wildman–Crippen MR) is 103 cm³/mol. The Morgan fingerprint density at radius 3 is 2.92 bits per heavy atom. The monoisotopic (exact) mass is 348 g/mol. The number of benzene rings is 1. The van der Waals surface area contributed by atoms with Gasteiger partial charge in [0.05, 0.1) is 12.8 Å². The van der Waals surface area contributed by atoms with E-state index < -0.39 is 0 Å². The van der Waals surface area contributed by atoms with Crippen molar-refractivity contribution >= 4 is 11.5 Å². The molecule has 2 aliphatic rings. The van der Waals surface area contributed by atoms with Crippen LogP contribution in [0, 0.1) is 5.92 Å². The molecule has 5 nitrogen and oxygen atoms in total. The van der Waals surface area contributed by atoms with Crippen LogP contribution in [0.25, 0.3) is 16.9 Å². The van der Waals surface area contributed by atoms with E-state index in [1.54, 1.807) is 7.11 Å². The first-order valence-corrected chi connectivity index (χ1v) is 9.61. The fourth-order valence-corrected chi connectivity index (χ4v) is 3.82. The Morgan fingerprint density at radius 2 is 2.08 bits per heavy atom. The van der Waals surface area contributed by atoms with Crippen LogP contribution in [0.3, 0.4) is 0 Å².